The minimum absolute atomic E-state index is 0.0679. The lowest BCUT2D eigenvalue weighted by atomic mass is 10.0. The van der Waals surface area contributed by atoms with E-state index in [0.717, 1.165) is 4.96 Å². The first-order chi connectivity index (χ1) is 11.9. The standard InChI is InChI=1S/C15H18N4O4S2/c1-2-13(20)18-3-4-19(12-9-25(22,23)8-11(12)18)14(21)10-7-17-5-6-24-15(17)16-10/h5-7,11-12H,2-4,8-9H2,1H3/t11-,12+/m1/s1. The van der Waals surface area contributed by atoms with Crippen molar-refractivity contribution in [3.8, 4) is 0 Å². The second-order valence-corrected chi connectivity index (χ2v) is 9.40. The zero-order valence-electron chi connectivity index (χ0n) is 13.7. The van der Waals surface area contributed by atoms with E-state index in [1.807, 2.05) is 11.6 Å². The fraction of sp³-hybridized carbons (Fsp3) is 0.533. The van der Waals surface area contributed by atoms with Crippen LogP contribution in [0, 0.1) is 0 Å². The van der Waals surface area contributed by atoms with Crippen molar-refractivity contribution in [1.29, 1.82) is 0 Å². The Kier molecular flexibility index (Phi) is 3.84. The van der Waals surface area contributed by atoms with Gasteiger partial charge in [-0.1, -0.05) is 6.92 Å². The molecule has 2 saturated heterocycles. The minimum atomic E-state index is -3.28. The summed E-state index contributed by atoms with van der Waals surface area (Å²) in [7, 11) is -3.28. The monoisotopic (exact) mass is 382 g/mol. The van der Waals surface area contributed by atoms with Crippen LogP contribution in [-0.4, -0.2) is 76.1 Å². The fourth-order valence-corrected chi connectivity index (χ4v) is 6.38. The van der Waals surface area contributed by atoms with Crippen LogP contribution in [0.2, 0.25) is 0 Å². The van der Waals surface area contributed by atoms with Gasteiger partial charge in [-0.3, -0.25) is 14.0 Å². The van der Waals surface area contributed by atoms with Gasteiger partial charge >= 0.3 is 0 Å². The molecule has 0 N–H and O–H groups in total. The molecule has 0 radical (unpaired) electrons. The van der Waals surface area contributed by atoms with Crippen molar-refractivity contribution < 1.29 is 18.0 Å². The average Bonchev–Trinajstić information content (AvgIpc) is 3.23. The van der Waals surface area contributed by atoms with Gasteiger partial charge in [0.2, 0.25) is 5.91 Å². The predicted molar refractivity (Wildman–Crippen MR) is 92.3 cm³/mol. The van der Waals surface area contributed by atoms with E-state index in [9.17, 15) is 18.0 Å². The molecule has 25 heavy (non-hydrogen) atoms. The number of nitrogens with zero attached hydrogens (tertiary/aromatic N) is 4. The van der Waals surface area contributed by atoms with Crippen molar-refractivity contribution in [2.45, 2.75) is 25.4 Å². The number of rotatable bonds is 2. The number of imidazole rings is 1. The fourth-order valence-electron chi connectivity index (χ4n) is 3.70. The summed E-state index contributed by atoms with van der Waals surface area (Å²) in [5, 5.41) is 1.88. The zero-order chi connectivity index (χ0) is 17.8. The van der Waals surface area contributed by atoms with Gasteiger partial charge in [-0.05, 0) is 0 Å². The number of hydrogen-bond donors (Lipinski definition) is 0. The number of carbonyl (C=O) groups excluding carboxylic acids is 2. The Morgan fingerprint density at radius 1 is 1.24 bits per heavy atom. The Bertz CT molecular complexity index is 919. The summed E-state index contributed by atoms with van der Waals surface area (Å²) in [6, 6.07) is -0.958. The molecule has 2 aliphatic rings. The van der Waals surface area contributed by atoms with Gasteiger partial charge in [0.1, 0.15) is 5.69 Å². The first-order valence-electron chi connectivity index (χ1n) is 8.12. The highest BCUT2D eigenvalue weighted by molar-refractivity contribution is 7.91. The summed E-state index contributed by atoms with van der Waals surface area (Å²) in [6.45, 7) is 2.44. The molecule has 4 heterocycles. The summed E-state index contributed by atoms with van der Waals surface area (Å²) < 4.78 is 26.1. The van der Waals surface area contributed by atoms with Crippen molar-refractivity contribution in [2.24, 2.45) is 0 Å². The molecule has 8 nitrogen and oxygen atoms in total. The maximum atomic E-state index is 12.9. The van der Waals surface area contributed by atoms with Gasteiger partial charge in [-0.2, -0.15) is 0 Å². The molecule has 10 heteroatoms. The SMILES string of the molecule is CCC(=O)N1CCN(C(=O)c2cn3ccsc3n2)[C@H]2CS(=O)(=O)C[C@H]21. The lowest BCUT2D eigenvalue weighted by molar-refractivity contribution is -0.135. The van der Waals surface area contributed by atoms with E-state index in [4.69, 9.17) is 0 Å². The summed E-state index contributed by atoms with van der Waals surface area (Å²) >= 11 is 1.43. The molecule has 134 valence electrons. The van der Waals surface area contributed by atoms with E-state index in [-0.39, 0.29) is 23.3 Å². The van der Waals surface area contributed by atoms with E-state index in [2.05, 4.69) is 4.98 Å². The van der Waals surface area contributed by atoms with Crippen LogP contribution >= 0.6 is 11.3 Å². The first-order valence-corrected chi connectivity index (χ1v) is 10.8. The van der Waals surface area contributed by atoms with Crippen molar-refractivity contribution in [1.82, 2.24) is 19.2 Å². The largest absolute Gasteiger partial charge is 0.335 e. The number of aromatic nitrogens is 2. The lowest BCUT2D eigenvalue weighted by Crippen LogP contribution is -2.61. The normalized spacial score (nSPS) is 25.3. The number of carbonyl (C=O) groups is 2. The molecule has 4 rings (SSSR count). The summed E-state index contributed by atoms with van der Waals surface area (Å²) in [4.78, 5) is 33.4. The minimum Gasteiger partial charge on any atom is -0.335 e. The van der Waals surface area contributed by atoms with Gasteiger partial charge in [0.15, 0.2) is 14.8 Å². The molecule has 0 unspecified atom stereocenters. The van der Waals surface area contributed by atoms with Crippen LogP contribution in [-0.2, 0) is 14.6 Å². The Labute approximate surface area is 149 Å². The molecule has 2 fully saturated rings. The van der Waals surface area contributed by atoms with E-state index in [1.54, 1.807) is 27.3 Å². The first kappa shape index (κ1) is 16.5. The van der Waals surface area contributed by atoms with Crippen LogP contribution < -0.4 is 0 Å². The molecule has 0 aromatic carbocycles. The van der Waals surface area contributed by atoms with Gasteiger partial charge in [0, 0.05) is 37.3 Å². The molecule has 2 atom stereocenters. The topological polar surface area (TPSA) is 92.1 Å². The molecule has 2 amide bonds. The highest BCUT2D eigenvalue weighted by atomic mass is 32.2. The quantitative estimate of drug-likeness (QED) is 0.743. The van der Waals surface area contributed by atoms with E-state index < -0.39 is 21.9 Å². The second kappa shape index (κ2) is 5.80. The Morgan fingerprint density at radius 2 is 1.92 bits per heavy atom. The van der Waals surface area contributed by atoms with Gasteiger partial charge in [-0.25, -0.2) is 13.4 Å². The van der Waals surface area contributed by atoms with Crippen LogP contribution in [0.5, 0.6) is 0 Å². The van der Waals surface area contributed by atoms with Gasteiger partial charge in [-0.15, -0.1) is 11.3 Å². The van der Waals surface area contributed by atoms with Crippen LogP contribution in [0.15, 0.2) is 17.8 Å². The maximum Gasteiger partial charge on any atom is 0.274 e. The van der Waals surface area contributed by atoms with Crippen molar-refractivity contribution in [3.63, 3.8) is 0 Å². The summed E-state index contributed by atoms with van der Waals surface area (Å²) in [5.41, 5.74) is 0.310. The molecule has 2 aromatic rings. The number of fused-ring (bicyclic) bond motifs is 2. The Hall–Kier alpha value is -1.94. The highest BCUT2D eigenvalue weighted by Crippen LogP contribution is 2.28. The third-order valence-corrected chi connectivity index (χ3v) is 7.34. The molecular formula is C15H18N4O4S2. The third-order valence-electron chi connectivity index (χ3n) is 4.87. The molecule has 0 bridgehead atoms. The number of thiazole rings is 1. The average molecular weight is 382 g/mol. The van der Waals surface area contributed by atoms with Crippen LogP contribution in [0.4, 0.5) is 0 Å². The van der Waals surface area contributed by atoms with Gasteiger partial charge < -0.3 is 9.80 Å². The predicted octanol–water partition coefficient (Wildman–Crippen LogP) is 0.256. The molecular weight excluding hydrogens is 364 g/mol. The van der Waals surface area contributed by atoms with E-state index >= 15 is 0 Å². The highest BCUT2D eigenvalue weighted by Gasteiger charge is 2.49. The Morgan fingerprint density at radius 3 is 2.60 bits per heavy atom. The number of piperazine rings is 1. The smallest absolute Gasteiger partial charge is 0.274 e. The van der Waals surface area contributed by atoms with Crippen LogP contribution in [0.3, 0.4) is 0 Å². The van der Waals surface area contributed by atoms with Gasteiger partial charge in [0.05, 0.1) is 23.6 Å². The lowest BCUT2D eigenvalue weighted by Gasteiger charge is -2.43. The zero-order valence-corrected chi connectivity index (χ0v) is 15.3. The number of sulfone groups is 1. The van der Waals surface area contributed by atoms with Crippen molar-refractivity contribution in [2.75, 3.05) is 24.6 Å². The molecule has 0 aliphatic carbocycles. The van der Waals surface area contributed by atoms with Crippen LogP contribution in [0.25, 0.3) is 4.96 Å². The summed E-state index contributed by atoms with van der Waals surface area (Å²) in [6.07, 6.45) is 3.81. The number of hydrogen-bond acceptors (Lipinski definition) is 6. The molecule has 0 saturated carbocycles. The van der Waals surface area contributed by atoms with E-state index in [0.29, 0.717) is 25.2 Å². The molecule has 2 aromatic heterocycles. The van der Waals surface area contributed by atoms with E-state index in [1.165, 1.54) is 11.3 Å². The third kappa shape index (κ3) is 2.73. The van der Waals surface area contributed by atoms with Crippen LogP contribution in [0.1, 0.15) is 23.8 Å². The molecule has 0 spiro atoms. The number of amides is 2. The maximum absolute atomic E-state index is 12.9. The van der Waals surface area contributed by atoms with Crippen molar-refractivity contribution in [3.05, 3.63) is 23.5 Å². The second-order valence-electron chi connectivity index (χ2n) is 6.37. The van der Waals surface area contributed by atoms with Crippen molar-refractivity contribution >= 4 is 37.9 Å². The van der Waals surface area contributed by atoms with Gasteiger partial charge in [0.25, 0.3) is 5.91 Å². The summed E-state index contributed by atoms with van der Waals surface area (Å²) in [5.74, 6) is -0.516. The Balaban J connectivity index is 1.65. The molecule has 2 aliphatic heterocycles.